The van der Waals surface area contributed by atoms with Gasteiger partial charge < -0.3 is 20.3 Å². The molecule has 5 heteroatoms. The summed E-state index contributed by atoms with van der Waals surface area (Å²) in [6.45, 7) is 4.45. The summed E-state index contributed by atoms with van der Waals surface area (Å²) in [6, 6.07) is 17.1. The summed E-state index contributed by atoms with van der Waals surface area (Å²) in [7, 11) is 0. The fourth-order valence-corrected chi connectivity index (χ4v) is 1.71. The average Bonchev–Trinajstić information content (AvgIpc) is 2.62. The summed E-state index contributed by atoms with van der Waals surface area (Å²) in [5.41, 5.74) is 1.77. The third kappa shape index (κ3) is 7.76. The second kappa shape index (κ2) is 11.2. The standard InChI is InChI=1S/C16H17NO2.C3H8O2/c1-2-17-16(18)14-8-10-15(11-9-14)19-12-13-6-4-3-5-7-13;1-3(5)2-4/h3-11H,2,12H2,1H3,(H,17,18);3-5H,2H2,1H3. The third-order valence-corrected chi connectivity index (χ3v) is 2.97. The van der Waals surface area contributed by atoms with E-state index in [0.717, 1.165) is 11.3 Å². The van der Waals surface area contributed by atoms with E-state index >= 15 is 0 Å². The summed E-state index contributed by atoms with van der Waals surface area (Å²) >= 11 is 0. The highest BCUT2D eigenvalue weighted by Crippen LogP contribution is 2.14. The lowest BCUT2D eigenvalue weighted by Crippen LogP contribution is -2.22. The van der Waals surface area contributed by atoms with Crippen molar-refractivity contribution in [3.8, 4) is 5.75 Å². The van der Waals surface area contributed by atoms with Crippen LogP contribution in [0.2, 0.25) is 0 Å². The zero-order valence-electron chi connectivity index (χ0n) is 14.1. The van der Waals surface area contributed by atoms with Crippen LogP contribution in [-0.4, -0.2) is 35.4 Å². The van der Waals surface area contributed by atoms with Crippen molar-refractivity contribution in [2.45, 2.75) is 26.6 Å². The fourth-order valence-electron chi connectivity index (χ4n) is 1.71. The van der Waals surface area contributed by atoms with Gasteiger partial charge in [0.1, 0.15) is 12.4 Å². The number of ether oxygens (including phenoxy) is 1. The minimum atomic E-state index is -0.560. The molecule has 0 aliphatic rings. The molecule has 2 aromatic carbocycles. The van der Waals surface area contributed by atoms with Crippen LogP contribution >= 0.6 is 0 Å². The summed E-state index contributed by atoms with van der Waals surface area (Å²) in [5.74, 6) is 0.703. The molecule has 0 heterocycles. The molecule has 0 saturated carbocycles. The molecule has 3 N–H and O–H groups in total. The number of hydrogen-bond acceptors (Lipinski definition) is 4. The monoisotopic (exact) mass is 331 g/mol. The minimum Gasteiger partial charge on any atom is -0.489 e. The largest absolute Gasteiger partial charge is 0.489 e. The minimum absolute atomic E-state index is 0.0582. The highest BCUT2D eigenvalue weighted by Gasteiger charge is 2.03. The Hall–Kier alpha value is -2.37. The lowest BCUT2D eigenvalue weighted by atomic mass is 10.2. The maximum absolute atomic E-state index is 11.6. The number of carbonyl (C=O) groups excluding carboxylic acids is 1. The van der Waals surface area contributed by atoms with Gasteiger partial charge in [-0.2, -0.15) is 0 Å². The van der Waals surface area contributed by atoms with Gasteiger partial charge in [-0.05, 0) is 43.7 Å². The number of hydrogen-bond donors (Lipinski definition) is 3. The Kier molecular flexibility index (Phi) is 9.19. The number of aliphatic hydroxyl groups is 2. The van der Waals surface area contributed by atoms with Crippen molar-refractivity contribution < 1.29 is 19.7 Å². The van der Waals surface area contributed by atoms with Crippen LogP contribution in [0, 0.1) is 0 Å². The number of nitrogens with one attached hydrogen (secondary N) is 1. The molecule has 130 valence electrons. The Labute approximate surface area is 142 Å². The summed E-state index contributed by atoms with van der Waals surface area (Å²) in [4.78, 5) is 11.6. The van der Waals surface area contributed by atoms with Crippen LogP contribution in [0.3, 0.4) is 0 Å². The van der Waals surface area contributed by atoms with E-state index in [1.54, 1.807) is 12.1 Å². The lowest BCUT2D eigenvalue weighted by molar-refractivity contribution is 0.0955. The predicted molar refractivity (Wildman–Crippen MR) is 94.0 cm³/mol. The molecule has 0 radical (unpaired) electrons. The second-order valence-electron chi connectivity index (χ2n) is 5.19. The second-order valence-corrected chi connectivity index (χ2v) is 5.19. The van der Waals surface area contributed by atoms with Crippen molar-refractivity contribution in [2.75, 3.05) is 13.2 Å². The van der Waals surface area contributed by atoms with Crippen molar-refractivity contribution >= 4 is 5.91 Å². The lowest BCUT2D eigenvalue weighted by Gasteiger charge is -2.07. The molecule has 1 atom stereocenters. The quantitative estimate of drug-likeness (QED) is 0.759. The summed E-state index contributed by atoms with van der Waals surface area (Å²) in [6.07, 6.45) is -0.560. The topological polar surface area (TPSA) is 78.8 Å². The molecular weight excluding hydrogens is 306 g/mol. The molecule has 2 aromatic rings. The van der Waals surface area contributed by atoms with Crippen LogP contribution in [0.15, 0.2) is 54.6 Å². The van der Waals surface area contributed by atoms with E-state index < -0.39 is 6.10 Å². The molecule has 24 heavy (non-hydrogen) atoms. The molecule has 1 amide bonds. The van der Waals surface area contributed by atoms with Crippen molar-refractivity contribution in [2.24, 2.45) is 0 Å². The van der Waals surface area contributed by atoms with Crippen molar-refractivity contribution in [3.63, 3.8) is 0 Å². The maximum Gasteiger partial charge on any atom is 0.251 e. The molecule has 0 aromatic heterocycles. The normalized spacial score (nSPS) is 11.0. The van der Waals surface area contributed by atoms with E-state index in [9.17, 15) is 4.79 Å². The van der Waals surface area contributed by atoms with Gasteiger partial charge in [0.15, 0.2) is 0 Å². The number of benzene rings is 2. The first kappa shape index (κ1) is 19.7. The Morgan fingerprint density at radius 2 is 1.71 bits per heavy atom. The maximum atomic E-state index is 11.6. The Bertz CT molecular complexity index is 582. The Morgan fingerprint density at radius 3 is 2.21 bits per heavy atom. The van der Waals surface area contributed by atoms with E-state index in [1.807, 2.05) is 49.4 Å². The first-order valence-corrected chi connectivity index (χ1v) is 7.90. The molecule has 0 bridgehead atoms. The molecule has 2 rings (SSSR count). The number of rotatable bonds is 6. The molecule has 0 aliphatic heterocycles. The van der Waals surface area contributed by atoms with Crippen LogP contribution in [0.25, 0.3) is 0 Å². The van der Waals surface area contributed by atoms with Crippen LogP contribution in [0.1, 0.15) is 29.8 Å². The van der Waals surface area contributed by atoms with Crippen LogP contribution in [0.5, 0.6) is 5.75 Å². The smallest absolute Gasteiger partial charge is 0.251 e. The number of amides is 1. The average molecular weight is 331 g/mol. The van der Waals surface area contributed by atoms with Crippen molar-refractivity contribution in [1.29, 1.82) is 0 Å². The van der Waals surface area contributed by atoms with Gasteiger partial charge in [0.05, 0.1) is 12.7 Å². The molecule has 1 unspecified atom stereocenters. The SMILES string of the molecule is CC(O)CO.CCNC(=O)c1ccc(OCc2ccccc2)cc1. The van der Waals surface area contributed by atoms with Gasteiger partial charge in [-0.3, -0.25) is 4.79 Å². The first-order chi connectivity index (χ1) is 11.6. The summed E-state index contributed by atoms with van der Waals surface area (Å²) in [5, 5.41) is 18.8. The highest BCUT2D eigenvalue weighted by atomic mass is 16.5. The highest BCUT2D eigenvalue weighted by molar-refractivity contribution is 5.94. The molecule has 0 spiro atoms. The van der Waals surface area contributed by atoms with Crippen LogP contribution < -0.4 is 10.1 Å². The molecule has 0 aliphatic carbocycles. The van der Waals surface area contributed by atoms with Gasteiger partial charge in [0.25, 0.3) is 5.91 Å². The van der Waals surface area contributed by atoms with Gasteiger partial charge in [0.2, 0.25) is 0 Å². The number of carbonyl (C=O) groups is 1. The summed E-state index contributed by atoms with van der Waals surface area (Å²) < 4.78 is 5.66. The molecule has 0 fully saturated rings. The van der Waals surface area contributed by atoms with E-state index in [2.05, 4.69) is 5.32 Å². The van der Waals surface area contributed by atoms with Gasteiger partial charge in [-0.25, -0.2) is 0 Å². The van der Waals surface area contributed by atoms with Crippen molar-refractivity contribution in [1.82, 2.24) is 5.32 Å². The molecule has 5 nitrogen and oxygen atoms in total. The van der Waals surface area contributed by atoms with E-state index in [4.69, 9.17) is 14.9 Å². The zero-order valence-corrected chi connectivity index (χ0v) is 14.1. The third-order valence-electron chi connectivity index (χ3n) is 2.97. The number of aliphatic hydroxyl groups excluding tert-OH is 2. The Balaban J connectivity index is 0.000000505. The predicted octanol–water partition coefficient (Wildman–Crippen LogP) is 2.37. The van der Waals surface area contributed by atoms with Gasteiger partial charge in [-0.1, -0.05) is 30.3 Å². The van der Waals surface area contributed by atoms with Gasteiger partial charge in [0, 0.05) is 12.1 Å². The van der Waals surface area contributed by atoms with Crippen LogP contribution in [0.4, 0.5) is 0 Å². The van der Waals surface area contributed by atoms with Crippen molar-refractivity contribution in [3.05, 3.63) is 65.7 Å². The molecular formula is C19H25NO4. The zero-order chi connectivity index (χ0) is 17.8. The first-order valence-electron chi connectivity index (χ1n) is 7.90. The van der Waals surface area contributed by atoms with Gasteiger partial charge >= 0.3 is 0 Å². The van der Waals surface area contributed by atoms with Gasteiger partial charge in [-0.15, -0.1) is 0 Å². The Morgan fingerprint density at radius 1 is 1.12 bits per heavy atom. The van der Waals surface area contributed by atoms with E-state index in [0.29, 0.717) is 18.7 Å². The van der Waals surface area contributed by atoms with Crippen LogP contribution in [-0.2, 0) is 6.61 Å². The fraction of sp³-hybridized carbons (Fsp3) is 0.316. The van der Waals surface area contributed by atoms with E-state index in [-0.39, 0.29) is 12.5 Å². The van der Waals surface area contributed by atoms with E-state index in [1.165, 1.54) is 6.92 Å². The molecule has 0 saturated heterocycles.